The monoisotopic (exact) mass is 244 g/mol. The largest absolute Gasteiger partial charge is 0.379 e. The average Bonchev–Trinajstić information content (AvgIpc) is 2.84. The van der Waals surface area contributed by atoms with Crippen molar-refractivity contribution in [3.8, 4) is 0 Å². The fraction of sp³-hybridized carbons (Fsp3) is 0.467. The molecule has 0 spiro atoms. The van der Waals surface area contributed by atoms with Gasteiger partial charge in [-0.15, -0.1) is 0 Å². The molecule has 1 saturated heterocycles. The Hall–Kier alpha value is -1.32. The van der Waals surface area contributed by atoms with E-state index in [1.165, 1.54) is 29.4 Å². The van der Waals surface area contributed by atoms with Gasteiger partial charge in [-0.05, 0) is 31.0 Å². The highest BCUT2D eigenvalue weighted by molar-refractivity contribution is 5.82. The van der Waals surface area contributed by atoms with E-state index in [1.807, 2.05) is 0 Å². The van der Waals surface area contributed by atoms with Crippen LogP contribution in [0.2, 0.25) is 0 Å². The summed E-state index contributed by atoms with van der Waals surface area (Å²) in [6, 6.07) is 8.54. The standard InChI is InChI=1S/C15H20N2O/c1-2-6-15-14(5-1)13(12-16-15)4-3-7-17-8-10-18-11-9-17/h1-2,5-6,12,16H,3-4,7-11H2. The number of hydrogen-bond acceptors (Lipinski definition) is 2. The molecule has 1 aromatic heterocycles. The number of aromatic amines is 1. The van der Waals surface area contributed by atoms with Crippen molar-refractivity contribution >= 4 is 10.9 Å². The number of nitrogens with one attached hydrogen (secondary N) is 1. The first kappa shape index (κ1) is 11.8. The Kier molecular flexibility index (Phi) is 3.62. The number of ether oxygens (including phenoxy) is 1. The summed E-state index contributed by atoms with van der Waals surface area (Å²) in [6.45, 7) is 5.16. The third kappa shape index (κ3) is 2.57. The summed E-state index contributed by atoms with van der Waals surface area (Å²) < 4.78 is 5.36. The van der Waals surface area contributed by atoms with Crippen LogP contribution in [0.25, 0.3) is 10.9 Å². The van der Waals surface area contributed by atoms with E-state index in [0.717, 1.165) is 32.7 Å². The van der Waals surface area contributed by atoms with E-state index < -0.39 is 0 Å². The fourth-order valence-electron chi connectivity index (χ4n) is 2.66. The van der Waals surface area contributed by atoms with E-state index in [2.05, 4.69) is 40.3 Å². The number of hydrogen-bond donors (Lipinski definition) is 1. The molecular formula is C15H20N2O. The van der Waals surface area contributed by atoms with Crippen molar-refractivity contribution in [3.05, 3.63) is 36.0 Å². The van der Waals surface area contributed by atoms with E-state index in [0.29, 0.717) is 0 Å². The van der Waals surface area contributed by atoms with Crippen molar-refractivity contribution in [3.63, 3.8) is 0 Å². The zero-order chi connectivity index (χ0) is 12.2. The lowest BCUT2D eigenvalue weighted by atomic mass is 10.1. The molecule has 1 fully saturated rings. The van der Waals surface area contributed by atoms with Gasteiger partial charge in [-0.2, -0.15) is 0 Å². The molecule has 2 aromatic rings. The Morgan fingerprint density at radius 3 is 2.89 bits per heavy atom. The molecule has 0 unspecified atom stereocenters. The van der Waals surface area contributed by atoms with Gasteiger partial charge in [-0.3, -0.25) is 4.90 Å². The van der Waals surface area contributed by atoms with Crippen LogP contribution in [0.1, 0.15) is 12.0 Å². The van der Waals surface area contributed by atoms with E-state index in [9.17, 15) is 0 Å². The van der Waals surface area contributed by atoms with E-state index >= 15 is 0 Å². The van der Waals surface area contributed by atoms with Crippen molar-refractivity contribution in [1.82, 2.24) is 9.88 Å². The summed E-state index contributed by atoms with van der Waals surface area (Å²) in [5.74, 6) is 0. The zero-order valence-electron chi connectivity index (χ0n) is 10.7. The van der Waals surface area contributed by atoms with Crippen molar-refractivity contribution in [2.45, 2.75) is 12.8 Å². The van der Waals surface area contributed by atoms with Crippen LogP contribution in [-0.4, -0.2) is 42.7 Å². The van der Waals surface area contributed by atoms with Gasteiger partial charge in [0.2, 0.25) is 0 Å². The number of morpholine rings is 1. The van der Waals surface area contributed by atoms with Gasteiger partial charge in [-0.25, -0.2) is 0 Å². The van der Waals surface area contributed by atoms with Crippen molar-refractivity contribution in [2.75, 3.05) is 32.8 Å². The predicted octanol–water partition coefficient (Wildman–Crippen LogP) is 2.43. The third-order valence-corrected chi connectivity index (χ3v) is 3.70. The number of nitrogens with zero attached hydrogens (tertiary/aromatic N) is 1. The molecule has 96 valence electrons. The van der Waals surface area contributed by atoms with Gasteiger partial charge >= 0.3 is 0 Å². The Bertz CT molecular complexity index is 500. The minimum Gasteiger partial charge on any atom is -0.379 e. The smallest absolute Gasteiger partial charge is 0.0594 e. The molecule has 1 N–H and O–H groups in total. The predicted molar refractivity (Wildman–Crippen MR) is 73.9 cm³/mol. The molecule has 0 saturated carbocycles. The maximum atomic E-state index is 5.36. The first-order valence-electron chi connectivity index (χ1n) is 6.78. The lowest BCUT2D eigenvalue weighted by molar-refractivity contribution is 0.0375. The second-order valence-corrected chi connectivity index (χ2v) is 4.92. The van der Waals surface area contributed by atoms with E-state index in [1.54, 1.807) is 0 Å². The maximum absolute atomic E-state index is 5.36. The normalized spacial score (nSPS) is 17.3. The van der Waals surface area contributed by atoms with Gasteiger partial charge in [0.05, 0.1) is 13.2 Å². The molecule has 1 aliphatic rings. The zero-order valence-corrected chi connectivity index (χ0v) is 10.7. The number of para-hydroxylation sites is 1. The quantitative estimate of drug-likeness (QED) is 0.894. The summed E-state index contributed by atoms with van der Waals surface area (Å²) in [5, 5.41) is 1.37. The van der Waals surface area contributed by atoms with Crippen LogP contribution in [-0.2, 0) is 11.2 Å². The van der Waals surface area contributed by atoms with Crippen molar-refractivity contribution in [1.29, 1.82) is 0 Å². The van der Waals surface area contributed by atoms with E-state index in [4.69, 9.17) is 4.74 Å². The minimum absolute atomic E-state index is 0.896. The van der Waals surface area contributed by atoms with Gasteiger partial charge in [0, 0.05) is 30.2 Å². The molecule has 0 radical (unpaired) electrons. The first-order chi connectivity index (χ1) is 8.93. The summed E-state index contributed by atoms with van der Waals surface area (Å²) in [7, 11) is 0. The number of rotatable bonds is 4. The van der Waals surface area contributed by atoms with Gasteiger partial charge < -0.3 is 9.72 Å². The Balaban J connectivity index is 1.56. The molecule has 0 aliphatic carbocycles. The van der Waals surface area contributed by atoms with Gasteiger partial charge in [-0.1, -0.05) is 18.2 Å². The van der Waals surface area contributed by atoms with Crippen LogP contribution in [0.3, 0.4) is 0 Å². The maximum Gasteiger partial charge on any atom is 0.0594 e. The van der Waals surface area contributed by atoms with Crippen LogP contribution in [0.5, 0.6) is 0 Å². The minimum atomic E-state index is 0.896. The number of H-pyrrole nitrogens is 1. The number of benzene rings is 1. The summed E-state index contributed by atoms with van der Waals surface area (Å²) in [5.41, 5.74) is 2.69. The molecular weight excluding hydrogens is 224 g/mol. The number of fused-ring (bicyclic) bond motifs is 1. The van der Waals surface area contributed by atoms with Crippen LogP contribution in [0.4, 0.5) is 0 Å². The highest BCUT2D eigenvalue weighted by Gasteiger charge is 2.10. The molecule has 18 heavy (non-hydrogen) atoms. The Labute approximate surface area is 108 Å². The summed E-state index contributed by atoms with van der Waals surface area (Å²) >= 11 is 0. The second-order valence-electron chi connectivity index (χ2n) is 4.92. The molecule has 1 aromatic carbocycles. The first-order valence-corrected chi connectivity index (χ1v) is 6.78. The molecule has 0 bridgehead atoms. The third-order valence-electron chi connectivity index (χ3n) is 3.70. The Morgan fingerprint density at radius 1 is 1.17 bits per heavy atom. The molecule has 1 aliphatic heterocycles. The topological polar surface area (TPSA) is 28.3 Å². The van der Waals surface area contributed by atoms with Gasteiger partial charge in [0.1, 0.15) is 0 Å². The SMILES string of the molecule is c1ccc2c(CCCN3CCOCC3)c[nH]c2c1. The Morgan fingerprint density at radius 2 is 2.00 bits per heavy atom. The highest BCUT2D eigenvalue weighted by Crippen LogP contribution is 2.19. The van der Waals surface area contributed by atoms with Crippen molar-refractivity contribution in [2.24, 2.45) is 0 Å². The molecule has 3 nitrogen and oxygen atoms in total. The molecule has 0 atom stereocenters. The second kappa shape index (κ2) is 5.55. The van der Waals surface area contributed by atoms with Gasteiger partial charge in [0.15, 0.2) is 0 Å². The fourth-order valence-corrected chi connectivity index (χ4v) is 2.66. The molecule has 2 heterocycles. The van der Waals surface area contributed by atoms with Crippen LogP contribution in [0.15, 0.2) is 30.5 Å². The van der Waals surface area contributed by atoms with Crippen molar-refractivity contribution < 1.29 is 4.74 Å². The van der Waals surface area contributed by atoms with Gasteiger partial charge in [0.25, 0.3) is 0 Å². The summed E-state index contributed by atoms with van der Waals surface area (Å²) in [4.78, 5) is 5.84. The number of aromatic nitrogens is 1. The summed E-state index contributed by atoms with van der Waals surface area (Å²) in [6.07, 6.45) is 4.53. The molecule has 0 amide bonds. The number of aryl methyl sites for hydroxylation is 1. The van der Waals surface area contributed by atoms with Crippen LogP contribution >= 0.6 is 0 Å². The van der Waals surface area contributed by atoms with Crippen LogP contribution in [0, 0.1) is 0 Å². The van der Waals surface area contributed by atoms with E-state index in [-0.39, 0.29) is 0 Å². The lowest BCUT2D eigenvalue weighted by Crippen LogP contribution is -2.36. The average molecular weight is 244 g/mol. The molecule has 3 heteroatoms. The molecule has 3 rings (SSSR count). The lowest BCUT2D eigenvalue weighted by Gasteiger charge is -2.26. The highest BCUT2D eigenvalue weighted by atomic mass is 16.5. The van der Waals surface area contributed by atoms with Crippen LogP contribution < -0.4 is 0 Å².